The Balaban J connectivity index is 1.94. The second-order valence-electron chi connectivity index (χ2n) is 7.48. The summed E-state index contributed by atoms with van der Waals surface area (Å²) < 4.78 is 45.3. The van der Waals surface area contributed by atoms with E-state index in [0.29, 0.717) is 6.42 Å². The van der Waals surface area contributed by atoms with Crippen molar-refractivity contribution < 1.29 is 17.9 Å². The molecule has 1 aliphatic carbocycles. The van der Waals surface area contributed by atoms with Crippen LogP contribution in [0.2, 0.25) is 0 Å². The summed E-state index contributed by atoms with van der Waals surface area (Å²) >= 11 is 0. The van der Waals surface area contributed by atoms with Crippen LogP contribution < -0.4 is 0 Å². The van der Waals surface area contributed by atoms with Gasteiger partial charge in [-0.25, -0.2) is 0 Å². The number of halogens is 3. The van der Waals surface area contributed by atoms with E-state index in [1.165, 1.54) is 0 Å². The van der Waals surface area contributed by atoms with Crippen LogP contribution in [0.15, 0.2) is 0 Å². The molecule has 0 spiro atoms. The number of rotatable bonds is 5. The zero-order valence-corrected chi connectivity index (χ0v) is 14.2. The summed E-state index contributed by atoms with van der Waals surface area (Å²) in [5.41, 5.74) is -1.92. The molecule has 6 heteroatoms. The van der Waals surface area contributed by atoms with E-state index >= 15 is 0 Å². The predicted molar refractivity (Wildman–Crippen MR) is 81.8 cm³/mol. The fraction of sp³-hybridized carbons (Fsp3) is 0.941. The van der Waals surface area contributed by atoms with Crippen LogP contribution in [-0.4, -0.2) is 41.9 Å². The van der Waals surface area contributed by atoms with Crippen molar-refractivity contribution in [3.8, 4) is 6.07 Å². The van der Waals surface area contributed by atoms with Gasteiger partial charge in [-0.2, -0.15) is 18.4 Å². The van der Waals surface area contributed by atoms with Crippen molar-refractivity contribution in [2.45, 2.75) is 83.2 Å². The van der Waals surface area contributed by atoms with Gasteiger partial charge in [0.1, 0.15) is 0 Å². The first kappa shape index (κ1) is 18.5. The molecule has 1 saturated carbocycles. The van der Waals surface area contributed by atoms with Gasteiger partial charge in [0.05, 0.1) is 12.2 Å². The maximum atomic E-state index is 13.3. The molecule has 0 bridgehead atoms. The van der Waals surface area contributed by atoms with Crippen molar-refractivity contribution in [3.63, 3.8) is 0 Å². The normalized spacial score (nSPS) is 31.7. The van der Waals surface area contributed by atoms with Crippen LogP contribution >= 0.6 is 0 Å². The highest BCUT2D eigenvalue weighted by molar-refractivity contribution is 5.06. The van der Waals surface area contributed by atoms with Crippen LogP contribution in [-0.2, 0) is 4.74 Å². The van der Waals surface area contributed by atoms with Crippen LogP contribution in [0.3, 0.4) is 0 Å². The third kappa shape index (κ3) is 3.66. The maximum Gasteiger partial charge on any atom is 0.419 e. The van der Waals surface area contributed by atoms with Crippen LogP contribution in [0.4, 0.5) is 13.2 Å². The van der Waals surface area contributed by atoms with Crippen LogP contribution in [0.5, 0.6) is 0 Å². The van der Waals surface area contributed by atoms with E-state index in [9.17, 15) is 13.2 Å². The molecule has 23 heavy (non-hydrogen) atoms. The Hall–Kier alpha value is -0.800. The summed E-state index contributed by atoms with van der Waals surface area (Å²) in [5, 5.41) is 8.99. The molecule has 3 nitrogen and oxygen atoms in total. The standard InChI is InChI=1S/C17H27F3N2O/c1-4-15(9-10-21)7-5-14(6-8-15)22-11-16(12-22,17(18,19)20)23-13(2)3/h13-14H,4-9,11-12H2,1-3H3/t14-,15+. The minimum Gasteiger partial charge on any atom is -0.360 e. The van der Waals surface area contributed by atoms with Gasteiger partial charge < -0.3 is 4.74 Å². The Morgan fingerprint density at radius 3 is 2.22 bits per heavy atom. The van der Waals surface area contributed by atoms with Gasteiger partial charge in [-0.05, 0) is 51.4 Å². The second kappa shape index (κ2) is 6.60. The van der Waals surface area contributed by atoms with E-state index in [2.05, 4.69) is 13.0 Å². The molecule has 0 unspecified atom stereocenters. The summed E-state index contributed by atoms with van der Waals surface area (Å²) in [5.74, 6) is 0. The highest BCUT2D eigenvalue weighted by Crippen LogP contribution is 2.47. The molecule has 0 amide bonds. The third-order valence-electron chi connectivity index (χ3n) is 5.63. The first-order chi connectivity index (χ1) is 10.7. The molecule has 2 aliphatic rings. The van der Waals surface area contributed by atoms with Crippen LogP contribution in [0.25, 0.3) is 0 Å². The van der Waals surface area contributed by atoms with Gasteiger partial charge in [0, 0.05) is 25.6 Å². The Labute approximate surface area is 136 Å². The molecule has 132 valence electrons. The molecule has 0 radical (unpaired) electrons. The van der Waals surface area contributed by atoms with Crippen LogP contribution in [0, 0.1) is 16.7 Å². The van der Waals surface area contributed by atoms with Crippen molar-refractivity contribution in [2.75, 3.05) is 13.1 Å². The molecule has 0 aromatic rings. The molecule has 2 fully saturated rings. The molecule has 0 aromatic heterocycles. The SMILES string of the molecule is CC[C@]1(CC#N)CC[C@@H](N2CC(OC(C)C)(C(F)(F)F)C2)CC1. The minimum atomic E-state index is -4.32. The van der Waals surface area contributed by atoms with E-state index < -0.39 is 17.9 Å². The molecule has 2 rings (SSSR count). The molecule has 1 heterocycles. The lowest BCUT2D eigenvalue weighted by Crippen LogP contribution is -2.73. The number of hydrogen-bond donors (Lipinski definition) is 0. The first-order valence-corrected chi connectivity index (χ1v) is 8.52. The smallest absolute Gasteiger partial charge is 0.360 e. The van der Waals surface area contributed by atoms with Crippen molar-refractivity contribution in [1.29, 1.82) is 5.26 Å². The zero-order valence-electron chi connectivity index (χ0n) is 14.2. The summed E-state index contributed by atoms with van der Waals surface area (Å²) in [6.07, 6.45) is 0.389. The molecule has 0 atom stereocenters. The zero-order chi connectivity index (χ0) is 17.3. The molecule has 1 saturated heterocycles. The van der Waals surface area contributed by atoms with Gasteiger partial charge >= 0.3 is 6.18 Å². The van der Waals surface area contributed by atoms with E-state index in [0.717, 1.165) is 32.1 Å². The van der Waals surface area contributed by atoms with Gasteiger partial charge in [-0.15, -0.1) is 0 Å². The summed E-state index contributed by atoms with van der Waals surface area (Å²) in [7, 11) is 0. The lowest BCUT2D eigenvalue weighted by atomic mass is 9.68. The number of ether oxygens (including phenoxy) is 1. The number of nitriles is 1. The predicted octanol–water partition coefficient (Wildman–Crippen LogP) is 4.28. The Morgan fingerprint density at radius 1 is 1.26 bits per heavy atom. The van der Waals surface area contributed by atoms with E-state index in [-0.39, 0.29) is 24.5 Å². The lowest BCUT2D eigenvalue weighted by Gasteiger charge is -2.55. The third-order valence-corrected chi connectivity index (χ3v) is 5.63. The van der Waals surface area contributed by atoms with Gasteiger partial charge in [-0.1, -0.05) is 6.92 Å². The number of hydrogen-bond acceptors (Lipinski definition) is 3. The molecular formula is C17H27F3N2O. The summed E-state index contributed by atoms with van der Waals surface area (Å²) in [6, 6.07) is 2.47. The van der Waals surface area contributed by atoms with E-state index in [4.69, 9.17) is 10.00 Å². The fourth-order valence-electron chi connectivity index (χ4n) is 4.04. The number of alkyl halides is 3. The molecule has 1 aliphatic heterocycles. The fourth-order valence-corrected chi connectivity index (χ4v) is 4.04. The summed E-state index contributed by atoms with van der Waals surface area (Å²) in [4.78, 5) is 1.92. The number of likely N-dealkylation sites (tertiary alicyclic amines) is 1. The molecule has 0 aromatic carbocycles. The van der Waals surface area contributed by atoms with E-state index in [1.807, 2.05) is 4.90 Å². The Kier molecular flexibility index (Phi) is 5.32. The van der Waals surface area contributed by atoms with Gasteiger partial charge in [0.15, 0.2) is 5.60 Å². The van der Waals surface area contributed by atoms with Crippen molar-refractivity contribution in [1.82, 2.24) is 4.90 Å². The highest BCUT2D eigenvalue weighted by Gasteiger charge is 2.64. The minimum absolute atomic E-state index is 0.0588. The van der Waals surface area contributed by atoms with E-state index in [1.54, 1.807) is 13.8 Å². The average Bonchev–Trinajstić information content (AvgIpc) is 2.42. The monoisotopic (exact) mass is 332 g/mol. The first-order valence-electron chi connectivity index (χ1n) is 8.52. The summed E-state index contributed by atoms with van der Waals surface area (Å²) in [6.45, 7) is 5.28. The largest absolute Gasteiger partial charge is 0.419 e. The van der Waals surface area contributed by atoms with Crippen molar-refractivity contribution in [3.05, 3.63) is 0 Å². The van der Waals surface area contributed by atoms with Crippen LogP contribution in [0.1, 0.15) is 59.3 Å². The Morgan fingerprint density at radius 2 is 1.83 bits per heavy atom. The van der Waals surface area contributed by atoms with Gasteiger partial charge in [-0.3, -0.25) is 4.90 Å². The maximum absolute atomic E-state index is 13.3. The van der Waals surface area contributed by atoms with Crippen molar-refractivity contribution in [2.24, 2.45) is 5.41 Å². The lowest BCUT2D eigenvalue weighted by molar-refractivity contribution is -0.332. The number of nitrogens with zero attached hydrogens (tertiary/aromatic N) is 2. The van der Waals surface area contributed by atoms with Gasteiger partial charge in [0.25, 0.3) is 0 Å². The van der Waals surface area contributed by atoms with Crippen molar-refractivity contribution >= 4 is 0 Å². The Bertz CT molecular complexity index is 442. The second-order valence-corrected chi connectivity index (χ2v) is 7.48. The highest BCUT2D eigenvalue weighted by atomic mass is 19.4. The quantitative estimate of drug-likeness (QED) is 0.754. The molecule has 0 N–H and O–H groups in total. The van der Waals surface area contributed by atoms with Gasteiger partial charge in [0.2, 0.25) is 0 Å². The topological polar surface area (TPSA) is 36.3 Å². The average molecular weight is 332 g/mol. The molecular weight excluding hydrogens is 305 g/mol.